The summed E-state index contributed by atoms with van der Waals surface area (Å²) < 4.78 is 7.72. The number of anilines is 1. The summed E-state index contributed by atoms with van der Waals surface area (Å²) in [5.74, 6) is 0.758. The molecule has 32 heavy (non-hydrogen) atoms. The van der Waals surface area contributed by atoms with Gasteiger partial charge in [-0.3, -0.25) is 0 Å². The van der Waals surface area contributed by atoms with Crippen molar-refractivity contribution in [3.05, 3.63) is 58.1 Å². The van der Waals surface area contributed by atoms with Crippen molar-refractivity contribution in [1.82, 2.24) is 14.5 Å². The predicted molar refractivity (Wildman–Crippen MR) is 130 cm³/mol. The fourth-order valence-electron chi connectivity index (χ4n) is 4.01. The van der Waals surface area contributed by atoms with Crippen LogP contribution in [0.15, 0.2) is 42.5 Å². The highest BCUT2D eigenvalue weighted by Gasteiger charge is 2.32. The first-order chi connectivity index (χ1) is 15.2. The van der Waals surface area contributed by atoms with Gasteiger partial charge in [0.2, 0.25) is 5.95 Å². The van der Waals surface area contributed by atoms with Crippen molar-refractivity contribution in [2.45, 2.75) is 51.8 Å². The van der Waals surface area contributed by atoms with Crippen LogP contribution in [-0.2, 0) is 11.3 Å². The molecule has 6 nitrogen and oxygen atoms in total. The second kappa shape index (κ2) is 9.20. The molecule has 2 heterocycles. The highest BCUT2D eigenvalue weighted by Crippen LogP contribution is 2.27. The smallest absolute Gasteiger partial charge is 0.410 e. The molecule has 0 bridgehead atoms. The van der Waals surface area contributed by atoms with Gasteiger partial charge in [-0.05, 0) is 63.4 Å². The molecule has 0 unspecified atom stereocenters. The number of amides is 1. The van der Waals surface area contributed by atoms with Crippen LogP contribution >= 0.6 is 23.2 Å². The van der Waals surface area contributed by atoms with Gasteiger partial charge in [-0.2, -0.15) is 0 Å². The van der Waals surface area contributed by atoms with Gasteiger partial charge >= 0.3 is 6.09 Å². The molecule has 0 radical (unpaired) electrons. The second-order valence-electron chi connectivity index (χ2n) is 9.11. The molecule has 1 atom stereocenters. The van der Waals surface area contributed by atoms with E-state index in [4.69, 9.17) is 32.9 Å². The monoisotopic (exact) mass is 474 g/mol. The number of carbonyl (C=O) groups is 1. The number of ether oxygens (including phenoxy) is 1. The van der Waals surface area contributed by atoms with E-state index in [9.17, 15) is 4.79 Å². The number of imidazole rings is 1. The Morgan fingerprint density at radius 2 is 1.97 bits per heavy atom. The molecule has 3 aromatic rings. The lowest BCUT2D eigenvalue weighted by molar-refractivity contribution is 0.0235. The number of fused-ring (bicyclic) bond motifs is 1. The maximum absolute atomic E-state index is 12.6. The highest BCUT2D eigenvalue weighted by atomic mass is 35.5. The molecular formula is C24H28Cl2N4O2. The van der Waals surface area contributed by atoms with E-state index >= 15 is 0 Å². The van der Waals surface area contributed by atoms with Crippen LogP contribution in [0.2, 0.25) is 10.0 Å². The fraction of sp³-hybridized carbons (Fsp3) is 0.417. The first-order valence-electron chi connectivity index (χ1n) is 10.8. The Morgan fingerprint density at radius 1 is 1.19 bits per heavy atom. The molecule has 1 fully saturated rings. The zero-order chi connectivity index (χ0) is 22.9. The number of carbonyl (C=O) groups excluding carboxylic acids is 1. The lowest BCUT2D eigenvalue weighted by atomic mass is 10.2. The Balaban J connectivity index is 1.54. The highest BCUT2D eigenvalue weighted by molar-refractivity contribution is 6.42. The normalized spacial score (nSPS) is 16.5. The van der Waals surface area contributed by atoms with Crippen LogP contribution in [0.1, 0.15) is 39.2 Å². The van der Waals surface area contributed by atoms with Crippen LogP contribution in [0.4, 0.5) is 10.7 Å². The van der Waals surface area contributed by atoms with Crippen LogP contribution in [-0.4, -0.2) is 45.3 Å². The third-order valence-corrected chi connectivity index (χ3v) is 6.22. The number of rotatable bonds is 5. The van der Waals surface area contributed by atoms with E-state index in [-0.39, 0.29) is 12.1 Å². The van der Waals surface area contributed by atoms with Crippen LogP contribution in [0.3, 0.4) is 0 Å². The Morgan fingerprint density at radius 3 is 2.72 bits per heavy atom. The van der Waals surface area contributed by atoms with Gasteiger partial charge in [-0.15, -0.1) is 0 Å². The molecule has 1 aliphatic heterocycles. The summed E-state index contributed by atoms with van der Waals surface area (Å²) >= 11 is 12.3. The number of nitrogens with one attached hydrogen (secondary N) is 1. The molecule has 1 amide bonds. The summed E-state index contributed by atoms with van der Waals surface area (Å²) in [7, 11) is 0. The van der Waals surface area contributed by atoms with Crippen molar-refractivity contribution in [3.63, 3.8) is 0 Å². The fourth-order valence-corrected chi connectivity index (χ4v) is 4.33. The molecule has 1 aliphatic rings. The van der Waals surface area contributed by atoms with Crippen molar-refractivity contribution >= 4 is 46.3 Å². The zero-order valence-corrected chi connectivity index (χ0v) is 20.1. The van der Waals surface area contributed by atoms with Gasteiger partial charge in [0.15, 0.2) is 0 Å². The van der Waals surface area contributed by atoms with Crippen LogP contribution < -0.4 is 5.32 Å². The van der Waals surface area contributed by atoms with E-state index in [1.165, 1.54) is 0 Å². The number of likely N-dealkylation sites (tertiary alicyclic amines) is 1. The van der Waals surface area contributed by atoms with Crippen molar-refractivity contribution < 1.29 is 9.53 Å². The van der Waals surface area contributed by atoms with Gasteiger partial charge in [0, 0.05) is 13.1 Å². The summed E-state index contributed by atoms with van der Waals surface area (Å²) in [5.41, 5.74) is 2.45. The Hall–Kier alpha value is -2.44. The van der Waals surface area contributed by atoms with E-state index in [0.717, 1.165) is 35.4 Å². The Kier molecular flexibility index (Phi) is 6.54. The van der Waals surface area contributed by atoms with Crippen molar-refractivity contribution in [2.24, 2.45) is 0 Å². The first kappa shape index (κ1) is 22.7. The summed E-state index contributed by atoms with van der Waals surface area (Å²) in [4.78, 5) is 19.2. The Labute approximate surface area is 198 Å². The lowest BCUT2D eigenvalue weighted by Crippen LogP contribution is -2.42. The third-order valence-electron chi connectivity index (χ3n) is 5.48. The molecule has 8 heteroatoms. The minimum absolute atomic E-state index is 0.0584. The van der Waals surface area contributed by atoms with Gasteiger partial charge < -0.3 is 19.5 Å². The average molecular weight is 475 g/mol. The summed E-state index contributed by atoms with van der Waals surface area (Å²) in [5, 5.41) is 4.55. The molecule has 1 aromatic heterocycles. The number of hydrogen-bond acceptors (Lipinski definition) is 4. The largest absolute Gasteiger partial charge is 0.444 e. The number of para-hydroxylation sites is 2. The van der Waals surface area contributed by atoms with Crippen LogP contribution in [0.25, 0.3) is 11.0 Å². The topological polar surface area (TPSA) is 59.4 Å². The molecule has 4 rings (SSSR count). The van der Waals surface area contributed by atoms with E-state index in [0.29, 0.717) is 29.7 Å². The van der Waals surface area contributed by atoms with Crippen LogP contribution in [0, 0.1) is 0 Å². The minimum atomic E-state index is -0.508. The number of aromatic nitrogens is 2. The molecule has 1 N–H and O–H groups in total. The summed E-state index contributed by atoms with van der Waals surface area (Å²) in [6, 6.07) is 13.7. The molecular weight excluding hydrogens is 447 g/mol. The quantitative estimate of drug-likeness (QED) is 0.477. The van der Waals surface area contributed by atoms with E-state index in [1.54, 1.807) is 0 Å². The van der Waals surface area contributed by atoms with Crippen LogP contribution in [0.5, 0.6) is 0 Å². The Bertz CT molecular complexity index is 1120. The number of nitrogens with zero attached hydrogens (tertiary/aromatic N) is 3. The maximum Gasteiger partial charge on any atom is 0.410 e. The van der Waals surface area contributed by atoms with Gasteiger partial charge in [-0.25, -0.2) is 9.78 Å². The third kappa shape index (κ3) is 5.13. The van der Waals surface area contributed by atoms with Crippen molar-refractivity contribution in [3.8, 4) is 0 Å². The summed E-state index contributed by atoms with van der Waals surface area (Å²) in [6.45, 7) is 7.57. The first-order valence-corrected chi connectivity index (χ1v) is 11.6. The summed E-state index contributed by atoms with van der Waals surface area (Å²) in [6.07, 6.45) is 1.64. The molecule has 0 spiro atoms. The van der Waals surface area contributed by atoms with E-state index in [1.807, 2.05) is 68.1 Å². The lowest BCUT2D eigenvalue weighted by Gasteiger charge is -2.28. The molecule has 170 valence electrons. The molecule has 2 aromatic carbocycles. The van der Waals surface area contributed by atoms with E-state index in [2.05, 4.69) is 9.88 Å². The standard InChI is InChI=1S/C24H28Cl2N4O2/c1-24(2,3)32-23(31)29-12-6-7-17(29)14-27-22-28-20-8-4-5-9-21(20)30(22)15-16-10-11-18(25)19(26)13-16/h4-5,8-11,13,17H,6-7,12,14-15H2,1-3H3,(H,27,28)/t17-/m0/s1. The molecule has 0 saturated carbocycles. The van der Waals surface area contributed by atoms with Crippen molar-refractivity contribution in [1.29, 1.82) is 0 Å². The van der Waals surface area contributed by atoms with Gasteiger partial charge in [0.05, 0.1) is 33.7 Å². The van der Waals surface area contributed by atoms with Gasteiger partial charge in [0.1, 0.15) is 5.60 Å². The predicted octanol–water partition coefficient (Wildman–Crippen LogP) is 6.20. The maximum atomic E-state index is 12.6. The van der Waals surface area contributed by atoms with E-state index < -0.39 is 5.60 Å². The molecule has 1 saturated heterocycles. The van der Waals surface area contributed by atoms with Gasteiger partial charge in [0.25, 0.3) is 0 Å². The number of hydrogen-bond donors (Lipinski definition) is 1. The SMILES string of the molecule is CC(C)(C)OC(=O)N1CCC[C@H]1CNc1nc2ccccc2n1Cc1ccc(Cl)c(Cl)c1. The zero-order valence-electron chi connectivity index (χ0n) is 18.6. The van der Waals surface area contributed by atoms with Crippen molar-refractivity contribution in [2.75, 3.05) is 18.4 Å². The minimum Gasteiger partial charge on any atom is -0.444 e. The second-order valence-corrected chi connectivity index (χ2v) is 9.92. The number of benzene rings is 2. The number of halogens is 2. The molecule has 0 aliphatic carbocycles. The average Bonchev–Trinajstić information content (AvgIpc) is 3.33. The van der Waals surface area contributed by atoms with Gasteiger partial charge in [-0.1, -0.05) is 41.4 Å².